The molecular formula is C6H8OS2. The fraction of sp³-hybridized carbons (Fsp3) is 0.500. The van der Waals surface area contributed by atoms with E-state index >= 15 is 0 Å². The maximum Gasteiger partial charge on any atom is 0.220 e. The van der Waals surface area contributed by atoms with Crippen LogP contribution in [0.5, 0.6) is 0 Å². The van der Waals surface area contributed by atoms with Crippen LogP contribution < -0.4 is 0 Å². The molecule has 0 spiro atoms. The Hall–Kier alpha value is -0.200. The van der Waals surface area contributed by atoms with E-state index in [0.29, 0.717) is 4.38 Å². The van der Waals surface area contributed by atoms with E-state index in [1.54, 1.807) is 7.11 Å². The van der Waals surface area contributed by atoms with Crippen LogP contribution in [-0.4, -0.2) is 16.7 Å². The van der Waals surface area contributed by atoms with Gasteiger partial charge >= 0.3 is 0 Å². The Bertz CT molecular complexity index is 136. The highest BCUT2D eigenvalue weighted by atomic mass is 32.2. The Balaban J connectivity index is 3.50. The highest BCUT2D eigenvalue weighted by Gasteiger charge is 2.00. The molecule has 0 heterocycles. The highest BCUT2D eigenvalue weighted by molar-refractivity contribution is 8.23. The van der Waals surface area contributed by atoms with Gasteiger partial charge in [-0.25, -0.2) is 0 Å². The van der Waals surface area contributed by atoms with Gasteiger partial charge in [-0.1, -0.05) is 17.7 Å². The van der Waals surface area contributed by atoms with Gasteiger partial charge in [0.1, 0.15) is 0 Å². The standard InChI is InChI=1S/C6H8OS2/c1-4-5(2)9-6(8)7-3/h1,5H,2-3H3. The van der Waals surface area contributed by atoms with Crippen LogP contribution in [-0.2, 0) is 4.74 Å². The van der Waals surface area contributed by atoms with Crippen molar-refractivity contribution in [2.45, 2.75) is 12.2 Å². The highest BCUT2D eigenvalue weighted by Crippen LogP contribution is 2.11. The molecule has 0 radical (unpaired) electrons. The van der Waals surface area contributed by atoms with E-state index in [9.17, 15) is 0 Å². The van der Waals surface area contributed by atoms with Crippen LogP contribution in [0.15, 0.2) is 0 Å². The van der Waals surface area contributed by atoms with E-state index in [4.69, 9.17) is 23.4 Å². The first-order chi connectivity index (χ1) is 4.20. The van der Waals surface area contributed by atoms with Crippen LogP contribution in [0.1, 0.15) is 6.92 Å². The Kier molecular flexibility index (Phi) is 4.55. The lowest BCUT2D eigenvalue weighted by Crippen LogP contribution is -1.98. The zero-order chi connectivity index (χ0) is 7.28. The summed E-state index contributed by atoms with van der Waals surface area (Å²) in [5.74, 6) is 2.53. The van der Waals surface area contributed by atoms with E-state index in [1.165, 1.54) is 11.8 Å². The van der Waals surface area contributed by atoms with Crippen LogP contribution in [0.3, 0.4) is 0 Å². The summed E-state index contributed by atoms with van der Waals surface area (Å²) >= 11 is 6.12. The largest absolute Gasteiger partial charge is 0.482 e. The van der Waals surface area contributed by atoms with Crippen molar-refractivity contribution < 1.29 is 4.74 Å². The molecule has 0 aromatic carbocycles. The van der Waals surface area contributed by atoms with Gasteiger partial charge in [0.05, 0.1) is 12.4 Å². The number of ether oxygens (including phenoxy) is 1. The molecule has 0 saturated heterocycles. The maximum absolute atomic E-state index is 5.09. The fourth-order valence-corrected chi connectivity index (χ4v) is 1.11. The molecule has 0 bridgehead atoms. The van der Waals surface area contributed by atoms with Crippen LogP contribution in [0.25, 0.3) is 0 Å². The Labute approximate surface area is 65.2 Å². The number of rotatable bonds is 1. The van der Waals surface area contributed by atoms with Gasteiger partial charge < -0.3 is 4.74 Å². The molecule has 0 aliphatic rings. The van der Waals surface area contributed by atoms with Crippen molar-refractivity contribution in [3.8, 4) is 12.3 Å². The zero-order valence-corrected chi connectivity index (χ0v) is 7.01. The van der Waals surface area contributed by atoms with Gasteiger partial charge in [-0.05, 0) is 19.1 Å². The van der Waals surface area contributed by atoms with Gasteiger partial charge in [0.2, 0.25) is 4.38 Å². The summed E-state index contributed by atoms with van der Waals surface area (Å²) in [6, 6.07) is 0. The average molecular weight is 160 g/mol. The lowest BCUT2D eigenvalue weighted by atomic mass is 10.5. The monoisotopic (exact) mass is 160 g/mol. The van der Waals surface area contributed by atoms with Crippen molar-refractivity contribution in [3.63, 3.8) is 0 Å². The fourth-order valence-electron chi connectivity index (χ4n) is 0.226. The van der Waals surface area contributed by atoms with E-state index < -0.39 is 0 Å². The van der Waals surface area contributed by atoms with E-state index in [-0.39, 0.29) is 5.25 Å². The first-order valence-electron chi connectivity index (χ1n) is 2.41. The lowest BCUT2D eigenvalue weighted by molar-refractivity contribution is 0.426. The van der Waals surface area contributed by atoms with Crippen molar-refractivity contribution in [1.82, 2.24) is 0 Å². The van der Waals surface area contributed by atoms with Crippen LogP contribution in [0.4, 0.5) is 0 Å². The normalized spacial score (nSPS) is 11.7. The molecule has 1 unspecified atom stereocenters. The van der Waals surface area contributed by atoms with Gasteiger partial charge in [0.15, 0.2) is 0 Å². The molecular weight excluding hydrogens is 152 g/mol. The topological polar surface area (TPSA) is 9.23 Å². The third-order valence-corrected chi connectivity index (χ3v) is 1.98. The molecule has 0 amide bonds. The average Bonchev–Trinajstić information content (AvgIpc) is 1.87. The second kappa shape index (κ2) is 4.66. The first-order valence-corrected chi connectivity index (χ1v) is 3.70. The number of thiocarbonyl (C=S) groups is 1. The van der Waals surface area contributed by atoms with E-state index in [1.807, 2.05) is 6.92 Å². The molecule has 1 nitrogen and oxygen atoms in total. The predicted molar refractivity (Wildman–Crippen MR) is 45.5 cm³/mol. The Morgan fingerprint density at radius 2 is 2.44 bits per heavy atom. The maximum atomic E-state index is 5.09. The van der Waals surface area contributed by atoms with Crippen LogP contribution in [0, 0.1) is 12.3 Å². The van der Waals surface area contributed by atoms with Crippen molar-refractivity contribution in [1.29, 1.82) is 0 Å². The molecule has 0 N–H and O–H groups in total. The number of thioether (sulfide) groups is 1. The second-order valence-corrected chi connectivity index (χ2v) is 3.32. The number of terminal acetylenes is 1. The number of hydrogen-bond donors (Lipinski definition) is 0. The molecule has 0 aromatic rings. The summed E-state index contributed by atoms with van der Waals surface area (Å²) in [6.45, 7) is 1.90. The molecule has 0 aromatic heterocycles. The molecule has 0 aliphatic carbocycles. The molecule has 0 saturated carbocycles. The predicted octanol–water partition coefficient (Wildman–Crippen LogP) is 1.67. The van der Waals surface area contributed by atoms with Gasteiger partial charge in [-0.2, -0.15) is 0 Å². The minimum absolute atomic E-state index is 0.109. The van der Waals surface area contributed by atoms with Gasteiger partial charge in [-0.3, -0.25) is 0 Å². The van der Waals surface area contributed by atoms with Gasteiger partial charge in [0.25, 0.3) is 0 Å². The smallest absolute Gasteiger partial charge is 0.220 e. The summed E-state index contributed by atoms with van der Waals surface area (Å²) in [7, 11) is 1.54. The summed E-state index contributed by atoms with van der Waals surface area (Å²) in [4.78, 5) is 0. The molecule has 3 heteroatoms. The molecule has 50 valence electrons. The number of methoxy groups -OCH3 is 1. The zero-order valence-electron chi connectivity index (χ0n) is 5.38. The van der Waals surface area contributed by atoms with Gasteiger partial charge in [-0.15, -0.1) is 6.42 Å². The van der Waals surface area contributed by atoms with Crippen molar-refractivity contribution in [2.75, 3.05) is 7.11 Å². The summed E-state index contributed by atoms with van der Waals surface area (Å²) in [5, 5.41) is 0.109. The van der Waals surface area contributed by atoms with Crippen LogP contribution in [0.2, 0.25) is 0 Å². The van der Waals surface area contributed by atoms with Crippen molar-refractivity contribution in [2.24, 2.45) is 0 Å². The summed E-state index contributed by atoms with van der Waals surface area (Å²) in [5.41, 5.74) is 0. The lowest BCUT2D eigenvalue weighted by Gasteiger charge is -2.01. The Morgan fingerprint density at radius 1 is 1.89 bits per heavy atom. The molecule has 1 atom stereocenters. The molecule has 9 heavy (non-hydrogen) atoms. The number of hydrogen-bond acceptors (Lipinski definition) is 3. The van der Waals surface area contributed by atoms with Crippen molar-refractivity contribution in [3.05, 3.63) is 0 Å². The first kappa shape index (κ1) is 8.80. The Morgan fingerprint density at radius 3 is 2.78 bits per heavy atom. The van der Waals surface area contributed by atoms with Crippen LogP contribution >= 0.6 is 24.0 Å². The summed E-state index contributed by atoms with van der Waals surface area (Å²) < 4.78 is 5.22. The van der Waals surface area contributed by atoms with Crippen molar-refractivity contribution >= 4 is 28.4 Å². The second-order valence-electron chi connectivity index (χ2n) is 1.38. The summed E-state index contributed by atoms with van der Waals surface area (Å²) in [6.07, 6.45) is 5.09. The minimum Gasteiger partial charge on any atom is -0.482 e. The molecule has 0 aliphatic heterocycles. The molecule has 0 fully saturated rings. The van der Waals surface area contributed by atoms with E-state index in [0.717, 1.165) is 0 Å². The SMILES string of the molecule is C#CC(C)SC(=S)OC. The third kappa shape index (κ3) is 4.31. The van der Waals surface area contributed by atoms with Gasteiger partial charge in [0, 0.05) is 0 Å². The third-order valence-electron chi connectivity index (χ3n) is 0.674. The quantitative estimate of drug-likeness (QED) is 0.426. The molecule has 0 rings (SSSR count). The van der Waals surface area contributed by atoms with E-state index in [2.05, 4.69) is 5.92 Å². The minimum atomic E-state index is 0.109.